The van der Waals surface area contributed by atoms with E-state index >= 15 is 0 Å². The van der Waals surface area contributed by atoms with Crippen LogP contribution in [0.4, 0.5) is 5.69 Å². The number of hydrogen-bond acceptors (Lipinski definition) is 4. The Morgan fingerprint density at radius 1 is 1.53 bits per heavy atom. The first-order valence-corrected chi connectivity index (χ1v) is 7.07. The molecular weight excluding hydrogens is 282 g/mol. The minimum atomic E-state index is 0. The van der Waals surface area contributed by atoms with Crippen molar-refractivity contribution in [1.82, 2.24) is 9.88 Å². The minimum Gasteiger partial charge on any atom is -0.397 e. The lowest BCUT2D eigenvalue weighted by Crippen LogP contribution is -2.46. The van der Waals surface area contributed by atoms with E-state index in [0.717, 1.165) is 24.5 Å². The van der Waals surface area contributed by atoms with Crippen molar-refractivity contribution in [2.24, 2.45) is 0 Å². The number of rotatable bonds is 2. The Labute approximate surface area is 124 Å². The number of aromatic nitrogens is 1. The van der Waals surface area contributed by atoms with Crippen molar-refractivity contribution in [3.8, 4) is 0 Å². The van der Waals surface area contributed by atoms with Crippen molar-refractivity contribution >= 4 is 35.8 Å². The average Bonchev–Trinajstić information content (AvgIpc) is 2.31. The Morgan fingerprint density at radius 2 is 2.26 bits per heavy atom. The van der Waals surface area contributed by atoms with Crippen LogP contribution in [-0.2, 0) is 11.2 Å². The molecule has 2 rings (SSSR count). The van der Waals surface area contributed by atoms with Crippen molar-refractivity contribution in [2.75, 3.05) is 24.6 Å². The maximum absolute atomic E-state index is 12.2. The van der Waals surface area contributed by atoms with Crippen LogP contribution in [0, 0.1) is 0 Å². The first-order valence-electron chi connectivity index (χ1n) is 6.08. The van der Waals surface area contributed by atoms with Gasteiger partial charge in [0.1, 0.15) is 0 Å². The fourth-order valence-electron chi connectivity index (χ4n) is 2.04. The SMILES string of the molecule is CC1(C)CN(C(=O)Cc2ccc(N)cn2)CCS1.Cl. The summed E-state index contributed by atoms with van der Waals surface area (Å²) >= 11 is 1.92. The number of anilines is 1. The molecule has 2 heterocycles. The number of nitrogen functional groups attached to an aromatic ring is 1. The van der Waals surface area contributed by atoms with E-state index in [0.29, 0.717) is 12.1 Å². The van der Waals surface area contributed by atoms with Gasteiger partial charge in [-0.2, -0.15) is 11.8 Å². The van der Waals surface area contributed by atoms with Crippen LogP contribution >= 0.6 is 24.2 Å². The van der Waals surface area contributed by atoms with Crippen LogP contribution in [0.5, 0.6) is 0 Å². The summed E-state index contributed by atoms with van der Waals surface area (Å²) in [5, 5.41) is 0. The van der Waals surface area contributed by atoms with Gasteiger partial charge < -0.3 is 10.6 Å². The molecular formula is C13H20ClN3OS. The number of halogens is 1. The number of nitrogens with two attached hydrogens (primary N) is 1. The van der Waals surface area contributed by atoms with Crippen LogP contribution in [0.2, 0.25) is 0 Å². The van der Waals surface area contributed by atoms with Gasteiger partial charge in [0.25, 0.3) is 0 Å². The molecule has 2 N–H and O–H groups in total. The quantitative estimate of drug-likeness (QED) is 0.907. The highest BCUT2D eigenvalue weighted by molar-refractivity contribution is 8.00. The standard InChI is InChI=1S/C13H19N3OS.ClH/c1-13(2)9-16(5-6-18-13)12(17)7-11-4-3-10(14)8-15-11;/h3-4,8H,5-7,9,14H2,1-2H3;1H. The van der Waals surface area contributed by atoms with Crippen LogP contribution in [-0.4, -0.2) is 39.4 Å². The summed E-state index contributed by atoms with van der Waals surface area (Å²) in [7, 11) is 0. The zero-order valence-electron chi connectivity index (χ0n) is 11.3. The number of amides is 1. The number of nitrogens with zero attached hydrogens (tertiary/aromatic N) is 2. The molecule has 1 aromatic heterocycles. The minimum absolute atomic E-state index is 0. The zero-order valence-corrected chi connectivity index (χ0v) is 12.9. The molecule has 0 unspecified atom stereocenters. The third kappa shape index (κ3) is 4.58. The number of hydrogen-bond donors (Lipinski definition) is 1. The third-order valence-electron chi connectivity index (χ3n) is 2.96. The van der Waals surface area contributed by atoms with Crippen LogP contribution < -0.4 is 5.73 Å². The first kappa shape index (κ1) is 16.1. The van der Waals surface area contributed by atoms with Gasteiger partial charge in [-0.1, -0.05) is 0 Å². The molecule has 6 heteroatoms. The number of carbonyl (C=O) groups excluding carboxylic acids is 1. The lowest BCUT2D eigenvalue weighted by atomic mass is 10.1. The zero-order chi connectivity index (χ0) is 13.2. The van der Waals surface area contributed by atoms with Gasteiger partial charge in [-0.3, -0.25) is 9.78 Å². The summed E-state index contributed by atoms with van der Waals surface area (Å²) in [5.74, 6) is 1.16. The van der Waals surface area contributed by atoms with Crippen LogP contribution in [0.15, 0.2) is 18.3 Å². The second kappa shape index (κ2) is 6.48. The van der Waals surface area contributed by atoms with Crippen molar-refractivity contribution in [2.45, 2.75) is 25.0 Å². The largest absolute Gasteiger partial charge is 0.397 e. The third-order valence-corrected chi connectivity index (χ3v) is 4.26. The molecule has 0 spiro atoms. The van der Waals surface area contributed by atoms with Crippen LogP contribution in [0.25, 0.3) is 0 Å². The first-order chi connectivity index (χ1) is 8.46. The Bertz CT molecular complexity index is 436. The molecule has 0 bridgehead atoms. The number of thioether (sulfide) groups is 1. The van der Waals surface area contributed by atoms with Crippen molar-refractivity contribution in [3.63, 3.8) is 0 Å². The van der Waals surface area contributed by atoms with Gasteiger partial charge in [0.2, 0.25) is 5.91 Å². The predicted molar refractivity (Wildman–Crippen MR) is 82.7 cm³/mol. The Morgan fingerprint density at radius 3 is 2.84 bits per heavy atom. The summed E-state index contributed by atoms with van der Waals surface area (Å²) in [5.41, 5.74) is 6.98. The van der Waals surface area contributed by atoms with Gasteiger partial charge in [0.15, 0.2) is 0 Å². The molecule has 0 aromatic carbocycles. The molecule has 4 nitrogen and oxygen atoms in total. The summed E-state index contributed by atoms with van der Waals surface area (Å²) in [6.07, 6.45) is 1.96. The van der Waals surface area contributed by atoms with Gasteiger partial charge in [0.05, 0.1) is 18.3 Å². The fraction of sp³-hybridized carbons (Fsp3) is 0.538. The number of pyridine rings is 1. The topological polar surface area (TPSA) is 59.2 Å². The monoisotopic (exact) mass is 301 g/mol. The summed E-state index contributed by atoms with van der Waals surface area (Å²) in [4.78, 5) is 18.3. The highest BCUT2D eigenvalue weighted by atomic mass is 35.5. The van der Waals surface area contributed by atoms with Gasteiger partial charge in [-0.25, -0.2) is 0 Å². The molecule has 1 aliphatic rings. The van der Waals surface area contributed by atoms with E-state index in [2.05, 4.69) is 18.8 Å². The maximum atomic E-state index is 12.2. The van der Waals surface area contributed by atoms with Crippen LogP contribution in [0.3, 0.4) is 0 Å². The lowest BCUT2D eigenvalue weighted by molar-refractivity contribution is -0.130. The van der Waals surface area contributed by atoms with E-state index in [9.17, 15) is 4.79 Å². The van der Waals surface area contributed by atoms with E-state index < -0.39 is 0 Å². The molecule has 19 heavy (non-hydrogen) atoms. The molecule has 1 amide bonds. The molecule has 0 saturated carbocycles. The van der Waals surface area contributed by atoms with E-state index in [4.69, 9.17) is 5.73 Å². The highest BCUT2D eigenvalue weighted by Gasteiger charge is 2.29. The normalized spacial score (nSPS) is 17.7. The second-order valence-corrected chi connectivity index (χ2v) is 6.99. The Balaban J connectivity index is 0.00000180. The molecule has 0 radical (unpaired) electrons. The molecule has 0 aliphatic carbocycles. The molecule has 106 valence electrons. The predicted octanol–water partition coefficient (Wildman–Crippen LogP) is 1.98. The smallest absolute Gasteiger partial charge is 0.228 e. The van der Waals surface area contributed by atoms with E-state index in [1.165, 1.54) is 0 Å². The van der Waals surface area contributed by atoms with Crippen molar-refractivity contribution < 1.29 is 4.79 Å². The molecule has 1 aromatic rings. The maximum Gasteiger partial charge on any atom is 0.228 e. The average molecular weight is 302 g/mol. The highest BCUT2D eigenvalue weighted by Crippen LogP contribution is 2.29. The van der Waals surface area contributed by atoms with Gasteiger partial charge >= 0.3 is 0 Å². The molecule has 1 aliphatic heterocycles. The Hall–Kier alpha value is -0.940. The fourth-order valence-corrected chi connectivity index (χ4v) is 3.15. The van der Waals surface area contributed by atoms with Crippen molar-refractivity contribution in [1.29, 1.82) is 0 Å². The van der Waals surface area contributed by atoms with E-state index in [-0.39, 0.29) is 23.1 Å². The Kier molecular flexibility index (Phi) is 5.50. The second-order valence-electron chi connectivity index (χ2n) is 5.18. The van der Waals surface area contributed by atoms with Crippen LogP contribution in [0.1, 0.15) is 19.5 Å². The van der Waals surface area contributed by atoms with Gasteiger partial charge in [0, 0.05) is 29.3 Å². The van der Waals surface area contributed by atoms with Gasteiger partial charge in [-0.05, 0) is 26.0 Å². The van der Waals surface area contributed by atoms with Gasteiger partial charge in [-0.15, -0.1) is 12.4 Å². The molecule has 0 atom stereocenters. The number of carbonyl (C=O) groups is 1. The molecule has 1 saturated heterocycles. The summed E-state index contributed by atoms with van der Waals surface area (Å²) in [6.45, 7) is 6.00. The summed E-state index contributed by atoms with van der Waals surface area (Å²) < 4.78 is 0.155. The molecule has 1 fully saturated rings. The lowest BCUT2D eigenvalue weighted by Gasteiger charge is -2.37. The van der Waals surface area contributed by atoms with E-state index in [1.807, 2.05) is 22.7 Å². The van der Waals surface area contributed by atoms with Crippen molar-refractivity contribution in [3.05, 3.63) is 24.0 Å². The van der Waals surface area contributed by atoms with E-state index in [1.54, 1.807) is 12.3 Å². The summed E-state index contributed by atoms with van der Waals surface area (Å²) in [6, 6.07) is 3.60.